The Labute approximate surface area is 140 Å². The molecule has 0 spiro atoms. The summed E-state index contributed by atoms with van der Waals surface area (Å²) in [6.07, 6.45) is 2.44. The van der Waals surface area contributed by atoms with Crippen molar-refractivity contribution < 1.29 is 14.1 Å². The van der Waals surface area contributed by atoms with Crippen molar-refractivity contribution >= 4 is 11.8 Å². The van der Waals surface area contributed by atoms with Gasteiger partial charge in [0.2, 0.25) is 5.91 Å². The topological polar surface area (TPSA) is 84.2 Å². The minimum atomic E-state index is -0.630. The van der Waals surface area contributed by atoms with Crippen LogP contribution in [0.3, 0.4) is 0 Å². The molecule has 1 aliphatic carbocycles. The number of nitrogens with one attached hydrogen (secondary N) is 2. The molecule has 0 unspecified atom stereocenters. The molecular weight excluding hydrogens is 306 g/mol. The lowest BCUT2D eigenvalue weighted by atomic mass is 10.0. The van der Waals surface area contributed by atoms with Crippen LogP contribution in [0.2, 0.25) is 0 Å². The normalized spacial score (nSPS) is 14.9. The molecule has 0 bridgehead atoms. The Morgan fingerprint density at radius 2 is 1.96 bits per heavy atom. The van der Waals surface area contributed by atoms with Gasteiger partial charge >= 0.3 is 0 Å². The molecule has 1 aliphatic rings. The van der Waals surface area contributed by atoms with Gasteiger partial charge in [-0.05, 0) is 32.3 Å². The van der Waals surface area contributed by atoms with Crippen LogP contribution in [0, 0.1) is 13.8 Å². The lowest BCUT2D eigenvalue weighted by molar-refractivity contribution is -0.123. The molecule has 1 heterocycles. The summed E-state index contributed by atoms with van der Waals surface area (Å²) in [5.41, 5.74) is 1.91. The highest BCUT2D eigenvalue weighted by molar-refractivity contribution is 5.99. The Morgan fingerprint density at radius 1 is 1.25 bits per heavy atom. The average Bonchev–Trinajstić information content (AvgIpc) is 3.31. The van der Waals surface area contributed by atoms with Crippen molar-refractivity contribution in [3.05, 3.63) is 52.9 Å². The monoisotopic (exact) mass is 327 g/mol. The van der Waals surface area contributed by atoms with Crippen LogP contribution < -0.4 is 10.6 Å². The third-order valence-electron chi connectivity index (χ3n) is 4.09. The molecule has 1 aromatic carbocycles. The average molecular weight is 327 g/mol. The zero-order valence-corrected chi connectivity index (χ0v) is 13.8. The van der Waals surface area contributed by atoms with E-state index >= 15 is 0 Å². The lowest BCUT2D eigenvalue weighted by Crippen LogP contribution is -2.48. The summed E-state index contributed by atoms with van der Waals surface area (Å²) >= 11 is 0. The maximum absolute atomic E-state index is 12.6. The van der Waals surface area contributed by atoms with Crippen LogP contribution in [0.25, 0.3) is 0 Å². The predicted octanol–water partition coefficient (Wildman–Crippen LogP) is 1.91. The molecule has 1 aromatic heterocycles. The first kappa shape index (κ1) is 16.2. The fourth-order valence-electron chi connectivity index (χ4n) is 2.63. The number of hydrogen-bond donors (Lipinski definition) is 2. The quantitative estimate of drug-likeness (QED) is 0.849. The zero-order chi connectivity index (χ0) is 17.1. The molecule has 3 rings (SSSR count). The number of hydrogen-bond acceptors (Lipinski definition) is 4. The first-order valence-corrected chi connectivity index (χ1v) is 8.12. The van der Waals surface area contributed by atoms with Gasteiger partial charge in [-0.15, -0.1) is 0 Å². The van der Waals surface area contributed by atoms with Crippen molar-refractivity contribution in [2.45, 2.75) is 45.2 Å². The number of aryl methyl sites for hydroxylation is 2. The van der Waals surface area contributed by atoms with Crippen LogP contribution in [0.1, 0.15) is 40.2 Å². The van der Waals surface area contributed by atoms with Gasteiger partial charge in [-0.1, -0.05) is 35.5 Å². The van der Waals surface area contributed by atoms with Gasteiger partial charge in [0.1, 0.15) is 17.4 Å². The van der Waals surface area contributed by atoms with Crippen LogP contribution in [-0.2, 0) is 11.2 Å². The van der Waals surface area contributed by atoms with Crippen molar-refractivity contribution in [2.75, 3.05) is 0 Å². The number of amides is 2. The molecule has 1 saturated carbocycles. The number of nitrogens with zero attached hydrogens (tertiary/aromatic N) is 1. The minimum Gasteiger partial charge on any atom is -0.361 e. The Kier molecular flexibility index (Phi) is 4.64. The summed E-state index contributed by atoms with van der Waals surface area (Å²) in [5, 5.41) is 9.59. The largest absolute Gasteiger partial charge is 0.361 e. The smallest absolute Gasteiger partial charge is 0.257 e. The van der Waals surface area contributed by atoms with E-state index in [1.807, 2.05) is 30.3 Å². The summed E-state index contributed by atoms with van der Waals surface area (Å²) in [7, 11) is 0. The second-order valence-corrected chi connectivity index (χ2v) is 6.20. The van der Waals surface area contributed by atoms with Gasteiger partial charge in [0.25, 0.3) is 5.91 Å². The predicted molar refractivity (Wildman–Crippen MR) is 88.5 cm³/mol. The molecule has 126 valence electrons. The van der Waals surface area contributed by atoms with Gasteiger partial charge in [0.15, 0.2) is 0 Å². The van der Waals surface area contributed by atoms with E-state index in [0.29, 0.717) is 23.4 Å². The fourth-order valence-corrected chi connectivity index (χ4v) is 2.63. The fraction of sp³-hybridized carbons (Fsp3) is 0.389. The molecule has 24 heavy (non-hydrogen) atoms. The zero-order valence-electron chi connectivity index (χ0n) is 13.8. The van der Waals surface area contributed by atoms with E-state index in [4.69, 9.17) is 4.52 Å². The first-order valence-electron chi connectivity index (χ1n) is 8.12. The highest BCUT2D eigenvalue weighted by atomic mass is 16.5. The summed E-state index contributed by atoms with van der Waals surface area (Å²) in [5.74, 6) is -0.0364. The second-order valence-electron chi connectivity index (χ2n) is 6.20. The highest BCUT2D eigenvalue weighted by Gasteiger charge is 2.29. The van der Waals surface area contributed by atoms with Crippen LogP contribution in [0.5, 0.6) is 0 Å². The van der Waals surface area contributed by atoms with E-state index in [0.717, 1.165) is 18.4 Å². The highest BCUT2D eigenvalue weighted by Crippen LogP contribution is 2.19. The van der Waals surface area contributed by atoms with E-state index in [2.05, 4.69) is 15.8 Å². The summed E-state index contributed by atoms with van der Waals surface area (Å²) in [6.45, 7) is 3.40. The van der Waals surface area contributed by atoms with Gasteiger partial charge in [-0.3, -0.25) is 9.59 Å². The third-order valence-corrected chi connectivity index (χ3v) is 4.09. The van der Waals surface area contributed by atoms with E-state index in [1.165, 1.54) is 0 Å². The Balaban J connectivity index is 1.75. The lowest BCUT2D eigenvalue weighted by Gasteiger charge is -2.18. The Morgan fingerprint density at radius 3 is 2.54 bits per heavy atom. The van der Waals surface area contributed by atoms with Crippen molar-refractivity contribution in [1.82, 2.24) is 15.8 Å². The van der Waals surface area contributed by atoms with Crippen LogP contribution in [-0.4, -0.2) is 29.1 Å². The Hall–Kier alpha value is -2.63. The van der Waals surface area contributed by atoms with Crippen molar-refractivity contribution in [3.8, 4) is 0 Å². The number of rotatable bonds is 6. The Bertz CT molecular complexity index is 716. The molecular formula is C18H21N3O3. The minimum absolute atomic E-state index is 0.151. The molecule has 1 atom stereocenters. The molecule has 6 heteroatoms. The van der Waals surface area contributed by atoms with Crippen molar-refractivity contribution in [2.24, 2.45) is 0 Å². The maximum Gasteiger partial charge on any atom is 0.257 e. The maximum atomic E-state index is 12.6. The molecule has 2 amide bonds. The molecule has 1 fully saturated rings. The molecule has 0 radical (unpaired) electrons. The van der Waals surface area contributed by atoms with Crippen LogP contribution >= 0.6 is 0 Å². The summed E-state index contributed by atoms with van der Waals surface area (Å²) in [4.78, 5) is 25.1. The van der Waals surface area contributed by atoms with E-state index in [-0.39, 0.29) is 17.9 Å². The SMILES string of the molecule is Cc1noc(C)c1C(=O)N[C@H](Cc1ccccc1)C(=O)NC1CC1. The standard InChI is InChI=1S/C18H21N3O3/c1-11-16(12(2)24-21-11)18(23)20-15(17(22)19-14-8-9-14)10-13-6-4-3-5-7-13/h3-7,14-15H,8-10H2,1-2H3,(H,19,22)(H,20,23)/t15-/m1/s1. The number of carbonyl (C=O) groups excluding carboxylic acids is 2. The van der Waals surface area contributed by atoms with Crippen LogP contribution in [0.4, 0.5) is 0 Å². The van der Waals surface area contributed by atoms with E-state index in [9.17, 15) is 9.59 Å². The number of benzene rings is 1. The van der Waals surface area contributed by atoms with Crippen molar-refractivity contribution in [3.63, 3.8) is 0 Å². The summed E-state index contributed by atoms with van der Waals surface area (Å²) < 4.78 is 5.04. The van der Waals surface area contributed by atoms with Gasteiger partial charge in [0, 0.05) is 12.5 Å². The molecule has 0 aliphatic heterocycles. The van der Waals surface area contributed by atoms with Gasteiger partial charge < -0.3 is 15.2 Å². The van der Waals surface area contributed by atoms with E-state index < -0.39 is 6.04 Å². The van der Waals surface area contributed by atoms with Gasteiger partial charge in [0.05, 0.1) is 5.69 Å². The van der Waals surface area contributed by atoms with Crippen LogP contribution in [0.15, 0.2) is 34.9 Å². The molecule has 2 N–H and O–H groups in total. The van der Waals surface area contributed by atoms with Gasteiger partial charge in [-0.25, -0.2) is 0 Å². The summed E-state index contributed by atoms with van der Waals surface area (Å²) in [6, 6.07) is 9.26. The first-order chi connectivity index (χ1) is 11.5. The molecule has 2 aromatic rings. The number of carbonyl (C=O) groups is 2. The van der Waals surface area contributed by atoms with E-state index in [1.54, 1.807) is 13.8 Å². The third kappa shape index (κ3) is 3.82. The second kappa shape index (κ2) is 6.86. The van der Waals surface area contributed by atoms with Gasteiger partial charge in [-0.2, -0.15) is 0 Å². The molecule has 6 nitrogen and oxygen atoms in total. The molecule has 0 saturated heterocycles. The van der Waals surface area contributed by atoms with Crippen molar-refractivity contribution in [1.29, 1.82) is 0 Å². The number of aromatic nitrogens is 1.